The van der Waals surface area contributed by atoms with Crippen LogP contribution in [0.1, 0.15) is 6.92 Å². The molecule has 1 aliphatic rings. The molecule has 0 unspecified atom stereocenters. The van der Waals surface area contributed by atoms with Crippen LogP contribution in [0.15, 0.2) is 45.3 Å². The Bertz CT molecular complexity index is 773. The van der Waals surface area contributed by atoms with Crippen molar-refractivity contribution in [2.75, 3.05) is 4.90 Å². The van der Waals surface area contributed by atoms with Crippen LogP contribution in [0.3, 0.4) is 0 Å². The van der Waals surface area contributed by atoms with Gasteiger partial charge in [0.2, 0.25) is 0 Å². The average molecular weight is 292 g/mol. The van der Waals surface area contributed by atoms with Crippen LogP contribution in [-0.4, -0.2) is 20.2 Å². The van der Waals surface area contributed by atoms with Crippen molar-refractivity contribution >= 4 is 27.5 Å². The van der Waals surface area contributed by atoms with Crippen molar-refractivity contribution in [1.29, 1.82) is 0 Å². The summed E-state index contributed by atoms with van der Waals surface area (Å²) >= 11 is 0. The van der Waals surface area contributed by atoms with Gasteiger partial charge in [-0.25, -0.2) is 13.3 Å². The molecule has 0 saturated carbocycles. The van der Waals surface area contributed by atoms with Gasteiger partial charge in [-0.3, -0.25) is 9.59 Å². The van der Waals surface area contributed by atoms with Crippen molar-refractivity contribution in [1.82, 2.24) is 0 Å². The Morgan fingerprint density at radius 3 is 2.25 bits per heavy atom. The summed E-state index contributed by atoms with van der Waals surface area (Å²) in [5, 5.41) is 0. The van der Waals surface area contributed by atoms with Gasteiger partial charge in [-0.15, -0.1) is 0 Å². The van der Waals surface area contributed by atoms with Crippen LogP contribution in [0.2, 0.25) is 0 Å². The van der Waals surface area contributed by atoms with Crippen LogP contribution in [0.5, 0.6) is 0 Å². The van der Waals surface area contributed by atoms with Gasteiger partial charge in [-0.2, -0.15) is 0 Å². The molecule has 0 N–H and O–H groups in total. The van der Waals surface area contributed by atoms with E-state index in [2.05, 4.69) is 9.43 Å². The number of anilines is 1. The molecule has 102 valence electrons. The summed E-state index contributed by atoms with van der Waals surface area (Å²) in [5.74, 6) is -0.946. The minimum Gasteiger partial charge on any atom is -0.269 e. The van der Waals surface area contributed by atoms with E-state index >= 15 is 0 Å². The predicted octanol–water partition coefficient (Wildman–Crippen LogP) is 1.51. The number of benzene rings is 1. The number of rotatable bonds is 3. The molecular weight excluding hydrogens is 284 g/mol. The molecule has 0 saturated heterocycles. The van der Waals surface area contributed by atoms with Gasteiger partial charge in [-0.05, 0) is 36.7 Å². The molecule has 1 aliphatic heterocycles. The quantitative estimate of drug-likeness (QED) is 0.362. The van der Waals surface area contributed by atoms with Crippen molar-refractivity contribution in [3.05, 3.63) is 46.4 Å². The fraction of sp³-hybridized carbons (Fsp3) is 0.0909. The first-order valence-corrected chi connectivity index (χ1v) is 6.79. The summed E-state index contributed by atoms with van der Waals surface area (Å²) in [6.45, 7) is 1.51. The second kappa shape index (κ2) is 4.80. The molecule has 0 fully saturated rings. The van der Waals surface area contributed by atoms with Gasteiger partial charge in [0.25, 0.3) is 21.8 Å². The van der Waals surface area contributed by atoms with Crippen LogP contribution < -0.4 is 4.90 Å². The number of carbonyl (C=O) groups is 2. The molecule has 1 aromatic carbocycles. The largest absolute Gasteiger partial charge is 0.269 e. The highest BCUT2D eigenvalue weighted by atomic mass is 32.2. The lowest BCUT2D eigenvalue weighted by Gasteiger charge is -2.14. The Labute approximate surface area is 114 Å². The molecule has 0 atom stereocenters. The van der Waals surface area contributed by atoms with Gasteiger partial charge < -0.3 is 0 Å². The average Bonchev–Trinajstić information content (AvgIpc) is 2.63. The number of hydrogen-bond donors (Lipinski definition) is 0. The third-order valence-electron chi connectivity index (χ3n) is 2.64. The van der Waals surface area contributed by atoms with Crippen molar-refractivity contribution in [2.24, 2.45) is 4.52 Å². The van der Waals surface area contributed by atoms with E-state index in [1.165, 1.54) is 25.1 Å². The lowest BCUT2D eigenvalue weighted by Crippen LogP contribution is -2.30. The zero-order valence-corrected chi connectivity index (χ0v) is 11.0. The standard InChI is InChI=1S/C11H8N4O4S/c1-7-6-10(16)15(11(7)17)8-2-4-9(5-3-8)20(18,19)14-13-12/h2-6H,1H3. The topological polar surface area (TPSA) is 120 Å². The second-order valence-corrected chi connectivity index (χ2v) is 5.53. The van der Waals surface area contributed by atoms with Crippen molar-refractivity contribution in [3.63, 3.8) is 0 Å². The van der Waals surface area contributed by atoms with E-state index < -0.39 is 21.8 Å². The Kier molecular flexibility index (Phi) is 3.31. The zero-order valence-electron chi connectivity index (χ0n) is 10.2. The lowest BCUT2D eigenvalue weighted by atomic mass is 10.3. The molecule has 0 aliphatic carbocycles. The highest BCUT2D eigenvalue weighted by Gasteiger charge is 2.29. The first-order valence-electron chi connectivity index (χ1n) is 5.35. The number of azide groups is 1. The van der Waals surface area contributed by atoms with Crippen LogP contribution in [-0.2, 0) is 19.6 Å². The Hall–Kier alpha value is -2.64. The SMILES string of the molecule is CC1=CC(=O)N(c2ccc(S(=O)(=O)N=[N+]=[N-])cc2)C1=O. The maximum absolute atomic E-state index is 11.8. The molecule has 1 aromatic rings. The molecule has 2 rings (SSSR count). The highest BCUT2D eigenvalue weighted by molar-refractivity contribution is 7.90. The second-order valence-electron chi connectivity index (χ2n) is 3.95. The van der Waals surface area contributed by atoms with Crippen LogP contribution in [0.4, 0.5) is 5.69 Å². The lowest BCUT2D eigenvalue weighted by molar-refractivity contribution is -0.120. The van der Waals surface area contributed by atoms with E-state index in [4.69, 9.17) is 5.53 Å². The van der Waals surface area contributed by atoms with E-state index in [1.54, 1.807) is 0 Å². The summed E-state index contributed by atoms with van der Waals surface area (Å²) in [4.78, 5) is 26.3. The van der Waals surface area contributed by atoms with Gasteiger partial charge in [0.05, 0.1) is 10.6 Å². The smallest absolute Gasteiger partial charge is 0.264 e. The number of hydrogen-bond acceptors (Lipinski definition) is 4. The summed E-state index contributed by atoms with van der Waals surface area (Å²) in [6.07, 6.45) is 1.20. The fourth-order valence-corrected chi connectivity index (χ4v) is 2.37. The van der Waals surface area contributed by atoms with Crippen LogP contribution in [0.25, 0.3) is 10.4 Å². The maximum atomic E-state index is 11.8. The zero-order chi connectivity index (χ0) is 14.9. The number of amides is 2. The first kappa shape index (κ1) is 13.8. The van der Waals surface area contributed by atoms with Gasteiger partial charge in [-0.1, -0.05) is 0 Å². The normalized spacial score (nSPS) is 15.1. The maximum Gasteiger partial charge on any atom is 0.264 e. The monoisotopic (exact) mass is 292 g/mol. The van der Waals surface area contributed by atoms with E-state index in [0.29, 0.717) is 5.57 Å². The van der Waals surface area contributed by atoms with Crippen molar-refractivity contribution in [3.8, 4) is 0 Å². The minimum atomic E-state index is -4.08. The van der Waals surface area contributed by atoms with Crippen molar-refractivity contribution < 1.29 is 18.0 Å². The first-order chi connectivity index (χ1) is 9.36. The highest BCUT2D eigenvalue weighted by Crippen LogP contribution is 2.24. The molecule has 20 heavy (non-hydrogen) atoms. The summed E-state index contributed by atoms with van der Waals surface area (Å²) in [7, 11) is -4.08. The van der Waals surface area contributed by atoms with E-state index in [9.17, 15) is 18.0 Å². The minimum absolute atomic E-state index is 0.220. The Morgan fingerprint density at radius 1 is 1.20 bits per heavy atom. The number of imide groups is 1. The predicted molar refractivity (Wildman–Crippen MR) is 69.0 cm³/mol. The Balaban J connectivity index is 2.38. The summed E-state index contributed by atoms with van der Waals surface area (Å²) in [6, 6.07) is 4.91. The van der Waals surface area contributed by atoms with E-state index in [1.807, 2.05) is 0 Å². The molecular formula is C11H8N4O4S. The molecule has 0 radical (unpaired) electrons. The Morgan fingerprint density at radius 2 is 1.80 bits per heavy atom. The molecule has 0 spiro atoms. The molecule has 9 heteroatoms. The fourth-order valence-electron chi connectivity index (χ4n) is 1.69. The molecule has 1 heterocycles. The van der Waals surface area contributed by atoms with Crippen LogP contribution >= 0.6 is 0 Å². The molecule has 0 bridgehead atoms. The van der Waals surface area contributed by atoms with Crippen LogP contribution in [0, 0.1) is 0 Å². The van der Waals surface area contributed by atoms with E-state index in [-0.39, 0.29) is 10.6 Å². The molecule has 8 nitrogen and oxygen atoms in total. The van der Waals surface area contributed by atoms with Gasteiger partial charge >= 0.3 is 0 Å². The molecule has 2 amide bonds. The van der Waals surface area contributed by atoms with Gasteiger partial charge in [0.15, 0.2) is 0 Å². The number of carbonyl (C=O) groups excluding carboxylic acids is 2. The number of sulfonamides is 1. The van der Waals surface area contributed by atoms with Gasteiger partial charge in [0.1, 0.15) is 0 Å². The third-order valence-corrected chi connectivity index (χ3v) is 3.79. The van der Waals surface area contributed by atoms with Gasteiger partial charge in [0, 0.05) is 21.1 Å². The van der Waals surface area contributed by atoms with Crippen molar-refractivity contribution in [2.45, 2.75) is 11.8 Å². The van der Waals surface area contributed by atoms with E-state index in [0.717, 1.165) is 17.0 Å². The number of nitrogens with zero attached hydrogens (tertiary/aromatic N) is 4. The summed E-state index contributed by atoms with van der Waals surface area (Å²) < 4.78 is 25.6. The summed E-state index contributed by atoms with van der Waals surface area (Å²) in [5.41, 5.74) is 8.71. The third kappa shape index (κ3) is 2.27. The molecule has 0 aromatic heterocycles.